The molecule has 0 aromatic heterocycles. The van der Waals surface area contributed by atoms with Crippen LogP contribution in [0.15, 0.2) is 48.5 Å². The van der Waals surface area contributed by atoms with Gasteiger partial charge in [-0.05, 0) is 75.2 Å². The smallest absolute Gasteiger partial charge is 0.410 e. The van der Waals surface area contributed by atoms with E-state index in [0.717, 1.165) is 50.1 Å². The summed E-state index contributed by atoms with van der Waals surface area (Å²) in [5.41, 5.74) is 1.89. The maximum Gasteiger partial charge on any atom is 0.412 e. The summed E-state index contributed by atoms with van der Waals surface area (Å²) in [6, 6.07) is 14.6. The Morgan fingerprint density at radius 3 is 1.22 bits per heavy atom. The standard InChI is InChI=1S/C18H30N2O4.C16H26N2O4.2C2H6/c1-5-6-15(2)19-18(21)24-17-9-7-16(8-10-17)20(11-13-22-3)12-14-23-4;1-3-4-13(2)17-16(21)22-15-7-5-14(6-8-15)18(9-11-19)10-12-20;2*1-2/h7-10,15H,5-6,11-14H2,1-4H3,(H,19,21);5-8,13,19-20H,3-4,9-12H2,1-2H3,(H,17,21);2*1-2H3. The number of rotatable bonds is 20. The van der Waals surface area contributed by atoms with Crippen molar-refractivity contribution in [2.45, 2.75) is 93.2 Å². The van der Waals surface area contributed by atoms with Gasteiger partial charge in [0.2, 0.25) is 0 Å². The summed E-state index contributed by atoms with van der Waals surface area (Å²) in [4.78, 5) is 27.6. The Labute approximate surface area is 302 Å². The molecular formula is C38H68N4O8. The summed E-state index contributed by atoms with van der Waals surface area (Å²) < 4.78 is 20.8. The van der Waals surface area contributed by atoms with Gasteiger partial charge in [0.25, 0.3) is 0 Å². The van der Waals surface area contributed by atoms with E-state index >= 15 is 0 Å². The number of anilines is 2. The van der Waals surface area contributed by atoms with Crippen LogP contribution in [0.25, 0.3) is 0 Å². The number of nitrogens with zero attached hydrogens (tertiary/aromatic N) is 2. The highest BCUT2D eigenvalue weighted by Gasteiger charge is 2.12. The zero-order valence-electron chi connectivity index (χ0n) is 32.5. The number of nitrogens with one attached hydrogen (secondary N) is 2. The lowest BCUT2D eigenvalue weighted by Crippen LogP contribution is -2.34. The lowest BCUT2D eigenvalue weighted by atomic mass is 10.2. The number of benzene rings is 2. The third kappa shape index (κ3) is 22.9. The third-order valence-corrected chi connectivity index (χ3v) is 6.87. The van der Waals surface area contributed by atoms with Crippen LogP contribution >= 0.6 is 0 Å². The van der Waals surface area contributed by atoms with Gasteiger partial charge in [0.1, 0.15) is 11.5 Å². The highest BCUT2D eigenvalue weighted by atomic mass is 16.6. The van der Waals surface area contributed by atoms with Gasteiger partial charge in [-0.2, -0.15) is 0 Å². The van der Waals surface area contributed by atoms with E-state index in [-0.39, 0.29) is 25.3 Å². The second-order valence-corrected chi connectivity index (χ2v) is 10.8. The molecule has 12 nitrogen and oxygen atoms in total. The number of ether oxygens (including phenoxy) is 4. The van der Waals surface area contributed by atoms with Crippen molar-refractivity contribution >= 4 is 23.6 Å². The maximum absolute atomic E-state index is 11.8. The third-order valence-electron chi connectivity index (χ3n) is 6.87. The van der Waals surface area contributed by atoms with Crippen molar-refractivity contribution in [2.75, 3.05) is 76.6 Å². The van der Waals surface area contributed by atoms with E-state index < -0.39 is 12.2 Å². The Balaban J connectivity index is 0. The Hall–Kier alpha value is -3.58. The van der Waals surface area contributed by atoms with Gasteiger partial charge in [0, 0.05) is 63.9 Å². The molecule has 2 aromatic carbocycles. The predicted molar refractivity (Wildman–Crippen MR) is 205 cm³/mol. The number of hydrogen-bond donors (Lipinski definition) is 4. The molecule has 0 heterocycles. The van der Waals surface area contributed by atoms with Gasteiger partial charge in [0.05, 0.1) is 26.4 Å². The number of carbonyl (C=O) groups is 2. The van der Waals surface area contributed by atoms with Crippen LogP contribution in [0.3, 0.4) is 0 Å². The van der Waals surface area contributed by atoms with Crippen LogP contribution in [0, 0.1) is 0 Å². The number of amides is 2. The molecule has 0 radical (unpaired) electrons. The highest BCUT2D eigenvalue weighted by Crippen LogP contribution is 2.21. The molecular weight excluding hydrogens is 640 g/mol. The SMILES string of the molecule is CC.CC.CCCC(C)NC(=O)Oc1ccc(N(CCO)CCO)cc1.CCCC(C)NC(=O)Oc1ccc(N(CCOC)CCOC)cc1. The van der Waals surface area contributed by atoms with Crippen molar-refractivity contribution < 1.29 is 38.7 Å². The molecule has 2 rings (SSSR count). The zero-order chi connectivity index (χ0) is 38.2. The Bertz CT molecular complexity index is 1060. The predicted octanol–water partition coefficient (Wildman–Crippen LogP) is 6.87. The van der Waals surface area contributed by atoms with Crippen LogP contribution in [-0.2, 0) is 9.47 Å². The minimum absolute atomic E-state index is 0.00990. The Morgan fingerprint density at radius 1 is 0.620 bits per heavy atom. The number of carbonyl (C=O) groups excluding carboxylic acids is 2. The second kappa shape index (κ2) is 32.6. The first-order valence-electron chi connectivity index (χ1n) is 18.1. The molecule has 2 amide bonds. The fourth-order valence-electron chi connectivity index (χ4n) is 4.52. The lowest BCUT2D eigenvalue weighted by Gasteiger charge is -2.24. The van der Waals surface area contributed by atoms with Gasteiger partial charge in [-0.1, -0.05) is 54.4 Å². The molecule has 0 saturated carbocycles. The van der Waals surface area contributed by atoms with Crippen LogP contribution in [-0.4, -0.2) is 101 Å². The molecule has 0 bridgehead atoms. The molecule has 288 valence electrons. The Morgan fingerprint density at radius 2 is 0.940 bits per heavy atom. The van der Waals surface area contributed by atoms with E-state index in [1.165, 1.54) is 0 Å². The summed E-state index contributed by atoms with van der Waals surface area (Å²) in [7, 11) is 3.37. The summed E-state index contributed by atoms with van der Waals surface area (Å²) in [6.07, 6.45) is 2.99. The van der Waals surface area contributed by atoms with Crippen LogP contribution in [0.2, 0.25) is 0 Å². The van der Waals surface area contributed by atoms with E-state index in [2.05, 4.69) is 29.4 Å². The molecule has 4 N–H and O–H groups in total. The van der Waals surface area contributed by atoms with Crippen molar-refractivity contribution in [2.24, 2.45) is 0 Å². The van der Waals surface area contributed by atoms with Crippen molar-refractivity contribution in [1.82, 2.24) is 10.6 Å². The van der Waals surface area contributed by atoms with E-state index in [1.807, 2.05) is 58.6 Å². The average Bonchev–Trinajstić information content (AvgIpc) is 3.11. The molecule has 0 spiro atoms. The maximum atomic E-state index is 11.8. The van der Waals surface area contributed by atoms with E-state index in [9.17, 15) is 9.59 Å². The molecule has 0 fully saturated rings. The summed E-state index contributed by atoms with van der Waals surface area (Å²) in [6.45, 7) is 19.8. The van der Waals surface area contributed by atoms with E-state index in [4.69, 9.17) is 29.2 Å². The summed E-state index contributed by atoms with van der Waals surface area (Å²) in [5.74, 6) is 0.983. The van der Waals surface area contributed by atoms with Crippen molar-refractivity contribution in [1.29, 1.82) is 0 Å². The lowest BCUT2D eigenvalue weighted by molar-refractivity contribution is 0.190. The number of aliphatic hydroxyl groups is 2. The molecule has 2 aromatic rings. The van der Waals surface area contributed by atoms with E-state index in [1.54, 1.807) is 50.6 Å². The average molecular weight is 709 g/mol. The van der Waals surface area contributed by atoms with Crippen LogP contribution < -0.4 is 29.9 Å². The highest BCUT2D eigenvalue weighted by molar-refractivity contribution is 5.71. The molecule has 50 heavy (non-hydrogen) atoms. The van der Waals surface area contributed by atoms with E-state index in [0.29, 0.717) is 37.8 Å². The normalized spacial score (nSPS) is 11.1. The minimum Gasteiger partial charge on any atom is -0.410 e. The minimum atomic E-state index is -0.462. The number of aliphatic hydroxyl groups excluding tert-OH is 2. The molecule has 0 saturated heterocycles. The van der Waals surface area contributed by atoms with Gasteiger partial charge in [-0.3, -0.25) is 0 Å². The van der Waals surface area contributed by atoms with Crippen LogP contribution in [0.1, 0.15) is 81.1 Å². The van der Waals surface area contributed by atoms with Gasteiger partial charge < -0.3 is 49.6 Å². The largest absolute Gasteiger partial charge is 0.412 e. The topological polar surface area (TPSA) is 142 Å². The van der Waals surface area contributed by atoms with Gasteiger partial charge in [0.15, 0.2) is 0 Å². The monoisotopic (exact) mass is 709 g/mol. The molecule has 0 aliphatic heterocycles. The number of hydrogen-bond acceptors (Lipinski definition) is 10. The molecule has 2 atom stereocenters. The first-order valence-corrected chi connectivity index (χ1v) is 18.1. The van der Waals surface area contributed by atoms with Crippen molar-refractivity contribution in [3.8, 4) is 11.5 Å². The molecule has 0 aliphatic rings. The fraction of sp³-hybridized carbons (Fsp3) is 0.632. The van der Waals surface area contributed by atoms with Crippen LogP contribution in [0.5, 0.6) is 11.5 Å². The van der Waals surface area contributed by atoms with Crippen molar-refractivity contribution in [3.63, 3.8) is 0 Å². The first-order chi connectivity index (χ1) is 24.2. The molecule has 2 unspecified atom stereocenters. The van der Waals surface area contributed by atoms with Gasteiger partial charge >= 0.3 is 12.2 Å². The quantitative estimate of drug-likeness (QED) is 0.115. The molecule has 0 aliphatic carbocycles. The van der Waals surface area contributed by atoms with Crippen LogP contribution in [0.4, 0.5) is 21.0 Å². The first kappa shape index (κ1) is 48.5. The summed E-state index contributed by atoms with van der Waals surface area (Å²) >= 11 is 0. The molecule has 12 heteroatoms. The number of methoxy groups -OCH3 is 2. The second-order valence-electron chi connectivity index (χ2n) is 10.8. The fourth-order valence-corrected chi connectivity index (χ4v) is 4.52. The Kier molecular flexibility index (Phi) is 31.7. The van der Waals surface area contributed by atoms with Crippen molar-refractivity contribution in [3.05, 3.63) is 48.5 Å². The zero-order valence-corrected chi connectivity index (χ0v) is 32.5. The summed E-state index contributed by atoms with van der Waals surface area (Å²) in [5, 5.41) is 23.6. The van der Waals surface area contributed by atoms with Gasteiger partial charge in [-0.25, -0.2) is 9.59 Å². The van der Waals surface area contributed by atoms with Gasteiger partial charge in [-0.15, -0.1) is 0 Å².